The molecule has 1 aliphatic heterocycles. The molecule has 0 amide bonds. The van der Waals surface area contributed by atoms with E-state index in [4.69, 9.17) is 21.1 Å². The highest BCUT2D eigenvalue weighted by molar-refractivity contribution is 6.29. The van der Waals surface area contributed by atoms with E-state index < -0.39 is 0 Å². The standard InChI is InChI=1S/C23H20ClN3O3/c24-21-8-5-15(11-25-21)12-30-20-13-29-10-9-19(20)27-14-26-22-17-4-2-1-3-16(17)6-7-18(22)23(27)28/h1-8,11,14,19-20H,9-10,12-13H2/t19-,20-/m0/s1. The van der Waals surface area contributed by atoms with E-state index in [0.29, 0.717) is 36.8 Å². The zero-order chi connectivity index (χ0) is 20.5. The lowest BCUT2D eigenvalue weighted by Crippen LogP contribution is -2.40. The highest BCUT2D eigenvalue weighted by Gasteiger charge is 2.29. The van der Waals surface area contributed by atoms with Crippen molar-refractivity contribution in [1.29, 1.82) is 0 Å². The molecule has 4 aromatic rings. The van der Waals surface area contributed by atoms with Gasteiger partial charge in [0.25, 0.3) is 5.56 Å². The number of aromatic nitrogens is 3. The lowest BCUT2D eigenvalue weighted by Gasteiger charge is -2.32. The van der Waals surface area contributed by atoms with E-state index in [2.05, 4.69) is 9.97 Å². The van der Waals surface area contributed by atoms with Crippen LogP contribution in [-0.2, 0) is 16.1 Å². The normalized spacial score (nSPS) is 19.4. The van der Waals surface area contributed by atoms with E-state index in [1.807, 2.05) is 42.5 Å². The Labute approximate surface area is 178 Å². The Balaban J connectivity index is 1.47. The number of pyridine rings is 1. The highest BCUT2D eigenvalue weighted by atomic mass is 35.5. The van der Waals surface area contributed by atoms with Crippen LogP contribution in [0.25, 0.3) is 21.7 Å². The summed E-state index contributed by atoms with van der Waals surface area (Å²) in [5.41, 5.74) is 1.59. The second kappa shape index (κ2) is 8.14. The summed E-state index contributed by atoms with van der Waals surface area (Å²) in [5, 5.41) is 3.11. The fraction of sp³-hybridized carbons (Fsp3) is 0.261. The molecule has 0 N–H and O–H groups in total. The Kier molecular flexibility index (Phi) is 5.21. The third-order valence-corrected chi connectivity index (χ3v) is 5.78. The maximum absolute atomic E-state index is 13.3. The minimum atomic E-state index is -0.258. The van der Waals surface area contributed by atoms with Crippen LogP contribution in [-0.4, -0.2) is 33.9 Å². The zero-order valence-electron chi connectivity index (χ0n) is 16.2. The van der Waals surface area contributed by atoms with Gasteiger partial charge in [-0.1, -0.05) is 48.0 Å². The van der Waals surface area contributed by atoms with Crippen LogP contribution in [0.2, 0.25) is 5.15 Å². The number of rotatable bonds is 4. The van der Waals surface area contributed by atoms with E-state index in [-0.39, 0.29) is 17.7 Å². The second-order valence-corrected chi connectivity index (χ2v) is 7.80. The van der Waals surface area contributed by atoms with Crippen molar-refractivity contribution in [3.05, 3.63) is 82.1 Å². The molecule has 1 aliphatic rings. The summed E-state index contributed by atoms with van der Waals surface area (Å²) in [5.74, 6) is 0. The smallest absolute Gasteiger partial charge is 0.261 e. The third kappa shape index (κ3) is 3.58. The quantitative estimate of drug-likeness (QED) is 0.366. The second-order valence-electron chi connectivity index (χ2n) is 7.41. The van der Waals surface area contributed by atoms with Crippen molar-refractivity contribution >= 4 is 33.3 Å². The first-order valence-electron chi connectivity index (χ1n) is 9.89. The van der Waals surface area contributed by atoms with Crippen LogP contribution in [0, 0.1) is 0 Å². The summed E-state index contributed by atoms with van der Waals surface area (Å²) in [4.78, 5) is 22.1. The molecule has 0 aliphatic carbocycles. The van der Waals surface area contributed by atoms with Gasteiger partial charge in [0, 0.05) is 18.2 Å². The van der Waals surface area contributed by atoms with Gasteiger partial charge in [-0.3, -0.25) is 9.36 Å². The molecule has 0 unspecified atom stereocenters. The average Bonchev–Trinajstić information content (AvgIpc) is 2.79. The van der Waals surface area contributed by atoms with Gasteiger partial charge >= 0.3 is 0 Å². The van der Waals surface area contributed by atoms with Crippen LogP contribution in [0.1, 0.15) is 18.0 Å². The van der Waals surface area contributed by atoms with Crippen molar-refractivity contribution in [2.45, 2.75) is 25.2 Å². The van der Waals surface area contributed by atoms with Gasteiger partial charge < -0.3 is 9.47 Å². The van der Waals surface area contributed by atoms with Crippen LogP contribution in [0.15, 0.2) is 65.8 Å². The fourth-order valence-corrected chi connectivity index (χ4v) is 4.10. The van der Waals surface area contributed by atoms with E-state index in [0.717, 1.165) is 21.9 Å². The summed E-state index contributed by atoms with van der Waals surface area (Å²) in [7, 11) is 0. The first kappa shape index (κ1) is 19.2. The molecule has 2 aromatic carbocycles. The van der Waals surface area contributed by atoms with E-state index in [1.165, 1.54) is 0 Å². The number of ether oxygens (including phenoxy) is 2. The summed E-state index contributed by atoms with van der Waals surface area (Å²) in [6, 6.07) is 15.3. The first-order chi connectivity index (χ1) is 14.7. The number of hydrogen-bond donors (Lipinski definition) is 0. The van der Waals surface area contributed by atoms with Crippen LogP contribution in [0.3, 0.4) is 0 Å². The largest absolute Gasteiger partial charge is 0.379 e. The van der Waals surface area contributed by atoms with Gasteiger partial charge in [-0.25, -0.2) is 9.97 Å². The van der Waals surface area contributed by atoms with E-state index in [1.54, 1.807) is 23.2 Å². The van der Waals surface area contributed by atoms with E-state index >= 15 is 0 Å². The molecule has 1 saturated heterocycles. The van der Waals surface area contributed by atoms with Crippen molar-refractivity contribution in [3.8, 4) is 0 Å². The Morgan fingerprint density at radius 2 is 2.00 bits per heavy atom. The molecule has 7 heteroatoms. The minimum absolute atomic E-state index is 0.0561. The number of halogens is 1. The Morgan fingerprint density at radius 1 is 1.10 bits per heavy atom. The lowest BCUT2D eigenvalue weighted by molar-refractivity contribution is -0.0860. The Bertz CT molecular complexity index is 1260. The summed E-state index contributed by atoms with van der Waals surface area (Å²) in [6.07, 6.45) is 3.76. The molecular weight excluding hydrogens is 402 g/mol. The number of nitrogens with zero attached hydrogens (tertiary/aromatic N) is 3. The van der Waals surface area contributed by atoms with Crippen LogP contribution in [0.5, 0.6) is 0 Å². The lowest BCUT2D eigenvalue weighted by atomic mass is 10.0. The SMILES string of the molecule is O=c1c2ccc3ccccc3c2ncn1[C@H]1CCOC[C@@H]1OCc1ccc(Cl)nc1. The molecule has 5 rings (SSSR count). The first-order valence-corrected chi connectivity index (χ1v) is 10.3. The predicted octanol–water partition coefficient (Wildman–Crippen LogP) is 4.14. The Hall–Kier alpha value is -2.80. The van der Waals surface area contributed by atoms with Crippen LogP contribution < -0.4 is 5.56 Å². The summed E-state index contributed by atoms with van der Waals surface area (Å²) < 4.78 is 13.4. The summed E-state index contributed by atoms with van der Waals surface area (Å²) >= 11 is 5.85. The monoisotopic (exact) mass is 421 g/mol. The molecule has 0 saturated carbocycles. The van der Waals surface area contributed by atoms with Gasteiger partial charge in [0.2, 0.25) is 0 Å². The maximum atomic E-state index is 13.3. The highest BCUT2D eigenvalue weighted by Crippen LogP contribution is 2.26. The predicted molar refractivity (Wildman–Crippen MR) is 116 cm³/mol. The van der Waals surface area contributed by atoms with Crippen LogP contribution >= 0.6 is 11.6 Å². The molecule has 2 atom stereocenters. The van der Waals surface area contributed by atoms with Gasteiger partial charge in [-0.2, -0.15) is 0 Å². The zero-order valence-corrected chi connectivity index (χ0v) is 17.0. The van der Waals surface area contributed by atoms with Gasteiger partial charge in [-0.05, 0) is 29.5 Å². The van der Waals surface area contributed by atoms with Crippen molar-refractivity contribution in [3.63, 3.8) is 0 Å². The van der Waals surface area contributed by atoms with Gasteiger partial charge in [0.15, 0.2) is 0 Å². The topological polar surface area (TPSA) is 66.2 Å². The van der Waals surface area contributed by atoms with Crippen LogP contribution in [0.4, 0.5) is 0 Å². The van der Waals surface area contributed by atoms with Crippen molar-refractivity contribution < 1.29 is 9.47 Å². The summed E-state index contributed by atoms with van der Waals surface area (Å²) in [6.45, 7) is 1.37. The maximum Gasteiger partial charge on any atom is 0.261 e. The van der Waals surface area contributed by atoms with Gasteiger partial charge in [0.05, 0.1) is 36.5 Å². The number of benzene rings is 2. The average molecular weight is 422 g/mol. The molecule has 0 spiro atoms. The van der Waals surface area contributed by atoms with E-state index in [9.17, 15) is 4.79 Å². The molecule has 6 nitrogen and oxygen atoms in total. The van der Waals surface area contributed by atoms with Gasteiger partial charge in [0.1, 0.15) is 11.3 Å². The molecule has 3 heterocycles. The molecule has 0 bridgehead atoms. The molecular formula is C23H20ClN3O3. The molecule has 2 aromatic heterocycles. The molecule has 30 heavy (non-hydrogen) atoms. The third-order valence-electron chi connectivity index (χ3n) is 5.56. The fourth-order valence-electron chi connectivity index (χ4n) is 3.99. The van der Waals surface area contributed by atoms with Crippen molar-refractivity contribution in [2.24, 2.45) is 0 Å². The Morgan fingerprint density at radius 3 is 2.87 bits per heavy atom. The molecule has 152 valence electrons. The van der Waals surface area contributed by atoms with Gasteiger partial charge in [-0.15, -0.1) is 0 Å². The van der Waals surface area contributed by atoms with Crippen molar-refractivity contribution in [2.75, 3.05) is 13.2 Å². The number of hydrogen-bond acceptors (Lipinski definition) is 5. The minimum Gasteiger partial charge on any atom is -0.379 e. The van der Waals surface area contributed by atoms with Crippen molar-refractivity contribution in [1.82, 2.24) is 14.5 Å². The molecule has 1 fully saturated rings. The molecule has 0 radical (unpaired) electrons. The number of fused-ring (bicyclic) bond motifs is 3.